The Bertz CT molecular complexity index is 354. The normalized spacial score (nSPS) is 12.9. The summed E-state index contributed by atoms with van der Waals surface area (Å²) in [4.78, 5) is 12.1. The number of carbonyl (C=O) groups excluding carboxylic acids is 1. The molecule has 0 N–H and O–H groups in total. The molecule has 1 atom stereocenters. The molecule has 0 saturated carbocycles. The molecule has 0 spiro atoms. The van der Waals surface area contributed by atoms with E-state index in [0.29, 0.717) is 18.9 Å². The van der Waals surface area contributed by atoms with Crippen LogP contribution >= 0.6 is 0 Å². The zero-order valence-corrected chi connectivity index (χ0v) is 20.1. The number of nitrogens with zero attached hydrogens (tertiary/aromatic N) is 1. The van der Waals surface area contributed by atoms with Gasteiger partial charge in [-0.05, 0) is 50.9 Å². The van der Waals surface area contributed by atoms with Crippen LogP contribution in [0.25, 0.3) is 0 Å². The molecule has 0 aliphatic carbocycles. The lowest BCUT2D eigenvalue weighted by molar-refractivity contribution is -0.890. The average molecular weight is 399 g/mol. The molecule has 0 saturated heterocycles. The second-order valence-corrected chi connectivity index (χ2v) is 9.44. The number of quaternary nitrogens is 1. The summed E-state index contributed by atoms with van der Waals surface area (Å²) < 4.78 is 6.74. The lowest BCUT2D eigenvalue weighted by Crippen LogP contribution is -2.41. The Hall–Kier alpha value is -0.570. The first-order chi connectivity index (χ1) is 13.4. The summed E-state index contributed by atoms with van der Waals surface area (Å²) in [5, 5.41) is 0. The Kier molecular flexibility index (Phi) is 18.1. The first-order valence-electron chi connectivity index (χ1n) is 12.4. The fourth-order valence-electron chi connectivity index (χ4n) is 3.83. The molecule has 0 aromatic heterocycles. The molecule has 0 aliphatic heterocycles. The lowest BCUT2D eigenvalue weighted by atomic mass is 9.96. The molecule has 1 unspecified atom stereocenters. The van der Waals surface area contributed by atoms with Crippen LogP contribution in [0.2, 0.25) is 0 Å². The van der Waals surface area contributed by atoms with Crippen LogP contribution in [0.3, 0.4) is 0 Å². The Morgan fingerprint density at radius 3 is 1.89 bits per heavy atom. The summed E-state index contributed by atoms with van der Waals surface area (Å²) >= 11 is 0. The Labute approximate surface area is 177 Å². The van der Waals surface area contributed by atoms with Crippen LogP contribution in [0.1, 0.15) is 117 Å². The predicted octanol–water partition coefficient (Wildman–Crippen LogP) is 7.13. The minimum absolute atomic E-state index is 0.0201. The lowest BCUT2D eigenvalue weighted by Gasteiger charge is -2.29. The van der Waals surface area contributed by atoms with Crippen molar-refractivity contribution in [1.82, 2.24) is 0 Å². The summed E-state index contributed by atoms with van der Waals surface area (Å²) in [6.07, 6.45) is 18.0. The van der Waals surface area contributed by atoms with E-state index in [9.17, 15) is 4.79 Å². The summed E-state index contributed by atoms with van der Waals surface area (Å²) in [6, 6.07) is 0. The van der Waals surface area contributed by atoms with E-state index in [4.69, 9.17) is 4.74 Å². The molecule has 0 amide bonds. The molecule has 0 heterocycles. The third kappa shape index (κ3) is 17.5. The number of hydrogen-bond acceptors (Lipinski definition) is 2. The van der Waals surface area contributed by atoms with Gasteiger partial charge in [0, 0.05) is 6.42 Å². The molecule has 0 aromatic carbocycles. The molecule has 0 bridgehead atoms. The summed E-state index contributed by atoms with van der Waals surface area (Å²) in [6.45, 7) is 9.89. The van der Waals surface area contributed by atoms with Crippen molar-refractivity contribution >= 4 is 5.97 Å². The van der Waals surface area contributed by atoms with E-state index in [-0.39, 0.29) is 5.97 Å². The highest BCUT2D eigenvalue weighted by molar-refractivity contribution is 5.69. The van der Waals surface area contributed by atoms with Crippen LogP contribution in [0, 0.1) is 5.92 Å². The van der Waals surface area contributed by atoms with Crippen LogP contribution in [-0.2, 0) is 9.53 Å². The number of unbranched alkanes of at least 4 members (excludes halogenated alkanes) is 8. The first kappa shape index (κ1) is 27.4. The van der Waals surface area contributed by atoms with Gasteiger partial charge in [0.2, 0.25) is 0 Å². The molecule has 0 aromatic rings. The second kappa shape index (κ2) is 18.5. The fraction of sp³-hybridized carbons (Fsp3) is 0.960. The Morgan fingerprint density at radius 2 is 1.25 bits per heavy atom. The summed E-state index contributed by atoms with van der Waals surface area (Å²) in [7, 11) is 4.67. The third-order valence-corrected chi connectivity index (χ3v) is 5.92. The van der Waals surface area contributed by atoms with Gasteiger partial charge in [-0.1, -0.05) is 65.7 Å². The van der Waals surface area contributed by atoms with Gasteiger partial charge < -0.3 is 9.22 Å². The highest BCUT2D eigenvalue weighted by Gasteiger charge is 2.14. The number of ether oxygens (including phenoxy) is 1. The number of rotatable bonds is 20. The highest BCUT2D eigenvalue weighted by Crippen LogP contribution is 2.18. The number of carbonyl (C=O) groups is 1. The summed E-state index contributed by atoms with van der Waals surface area (Å²) in [5.74, 6) is 0.591. The fourth-order valence-corrected chi connectivity index (χ4v) is 3.83. The average Bonchev–Trinajstić information content (AvgIpc) is 2.66. The SMILES string of the molecule is CCCCCCC(CCCC)COC(=O)CCCCC[N+](C)(C)CCCCC. The van der Waals surface area contributed by atoms with Gasteiger partial charge in [-0.15, -0.1) is 0 Å². The standard InChI is InChI=1S/C25H52NO2/c1-6-9-12-14-19-24(18-11-8-3)23-28-25(27)20-15-13-17-22-26(4,5)21-16-10-7-2/h24H,6-23H2,1-5H3/q+1. The van der Waals surface area contributed by atoms with Gasteiger partial charge in [0.25, 0.3) is 0 Å². The van der Waals surface area contributed by atoms with Crippen LogP contribution in [0.4, 0.5) is 0 Å². The molecule has 0 fully saturated rings. The quantitative estimate of drug-likeness (QED) is 0.124. The first-order valence-corrected chi connectivity index (χ1v) is 12.4. The molecule has 0 rings (SSSR count). The molecule has 3 nitrogen and oxygen atoms in total. The summed E-state index contributed by atoms with van der Waals surface area (Å²) in [5.41, 5.74) is 0. The Balaban J connectivity index is 3.86. The third-order valence-electron chi connectivity index (χ3n) is 5.92. The van der Waals surface area contributed by atoms with Gasteiger partial charge >= 0.3 is 5.97 Å². The van der Waals surface area contributed by atoms with E-state index in [1.54, 1.807) is 0 Å². The zero-order valence-electron chi connectivity index (χ0n) is 20.1. The van der Waals surface area contributed by atoms with Gasteiger partial charge in [0.1, 0.15) is 0 Å². The topological polar surface area (TPSA) is 26.3 Å². The van der Waals surface area contributed by atoms with Crippen molar-refractivity contribution < 1.29 is 14.0 Å². The van der Waals surface area contributed by atoms with E-state index >= 15 is 0 Å². The van der Waals surface area contributed by atoms with Crippen molar-refractivity contribution in [3.63, 3.8) is 0 Å². The van der Waals surface area contributed by atoms with Crippen molar-refractivity contribution in [2.24, 2.45) is 5.92 Å². The number of hydrogen-bond donors (Lipinski definition) is 0. The highest BCUT2D eigenvalue weighted by atomic mass is 16.5. The number of esters is 1. The van der Waals surface area contributed by atoms with Crippen molar-refractivity contribution in [2.45, 2.75) is 117 Å². The van der Waals surface area contributed by atoms with Crippen LogP contribution in [0.5, 0.6) is 0 Å². The minimum Gasteiger partial charge on any atom is -0.465 e. The molecular formula is C25H52NO2+. The van der Waals surface area contributed by atoms with Gasteiger partial charge in [-0.25, -0.2) is 0 Å². The molecule has 168 valence electrons. The Morgan fingerprint density at radius 1 is 0.714 bits per heavy atom. The molecule has 0 radical (unpaired) electrons. The maximum Gasteiger partial charge on any atom is 0.305 e. The largest absolute Gasteiger partial charge is 0.465 e. The van der Waals surface area contributed by atoms with Gasteiger partial charge in [0.15, 0.2) is 0 Å². The predicted molar refractivity (Wildman–Crippen MR) is 123 cm³/mol. The van der Waals surface area contributed by atoms with E-state index in [2.05, 4.69) is 34.9 Å². The maximum absolute atomic E-state index is 12.1. The monoisotopic (exact) mass is 398 g/mol. The van der Waals surface area contributed by atoms with Gasteiger partial charge in [0.05, 0.1) is 33.8 Å². The smallest absolute Gasteiger partial charge is 0.305 e. The minimum atomic E-state index is 0.0201. The molecular weight excluding hydrogens is 346 g/mol. The van der Waals surface area contributed by atoms with Gasteiger partial charge in [-0.3, -0.25) is 4.79 Å². The van der Waals surface area contributed by atoms with Crippen LogP contribution in [0.15, 0.2) is 0 Å². The van der Waals surface area contributed by atoms with Crippen LogP contribution in [-0.4, -0.2) is 44.2 Å². The maximum atomic E-state index is 12.1. The van der Waals surface area contributed by atoms with Crippen LogP contribution < -0.4 is 0 Å². The van der Waals surface area contributed by atoms with Crippen molar-refractivity contribution in [2.75, 3.05) is 33.8 Å². The zero-order chi connectivity index (χ0) is 21.1. The van der Waals surface area contributed by atoms with Crippen molar-refractivity contribution in [3.05, 3.63) is 0 Å². The van der Waals surface area contributed by atoms with E-state index in [0.717, 1.165) is 17.3 Å². The van der Waals surface area contributed by atoms with E-state index < -0.39 is 0 Å². The van der Waals surface area contributed by atoms with E-state index in [1.807, 2.05) is 0 Å². The molecule has 0 aliphatic rings. The molecule has 3 heteroatoms. The van der Waals surface area contributed by atoms with Crippen molar-refractivity contribution in [1.29, 1.82) is 0 Å². The molecule has 28 heavy (non-hydrogen) atoms. The van der Waals surface area contributed by atoms with E-state index in [1.165, 1.54) is 90.1 Å². The van der Waals surface area contributed by atoms with Crippen molar-refractivity contribution in [3.8, 4) is 0 Å². The second-order valence-electron chi connectivity index (χ2n) is 9.44. The van der Waals surface area contributed by atoms with Gasteiger partial charge in [-0.2, -0.15) is 0 Å².